The molecular formula is C38H32N2O8Pd. The number of aryl methyl sites for hydroxylation is 2. The van der Waals surface area contributed by atoms with Crippen molar-refractivity contribution in [2.24, 2.45) is 9.98 Å². The van der Waals surface area contributed by atoms with Crippen molar-refractivity contribution in [3.8, 4) is 0 Å². The second-order valence-electron chi connectivity index (χ2n) is 10.3. The molecule has 4 aromatic carbocycles. The molecule has 0 saturated heterocycles. The van der Waals surface area contributed by atoms with Gasteiger partial charge in [-0.15, -0.1) is 12.2 Å². The first-order valence-corrected chi connectivity index (χ1v) is 14.5. The Labute approximate surface area is 297 Å². The first-order chi connectivity index (χ1) is 23.1. The van der Waals surface area contributed by atoms with Crippen molar-refractivity contribution < 1.29 is 58.5 Å². The Hall–Kier alpha value is -5.50. The summed E-state index contributed by atoms with van der Waals surface area (Å²) < 4.78 is 17.3. The van der Waals surface area contributed by atoms with Gasteiger partial charge in [-0.2, -0.15) is 0 Å². The summed E-state index contributed by atoms with van der Waals surface area (Å²) in [5.74, 6) is -4.32. The number of nitrogens with zero attached hydrogens (tertiary/aromatic N) is 2. The van der Waals surface area contributed by atoms with Gasteiger partial charge in [0.15, 0.2) is 11.9 Å². The van der Waals surface area contributed by atoms with Crippen LogP contribution in [0.15, 0.2) is 106 Å². The van der Waals surface area contributed by atoms with Gasteiger partial charge in [0, 0.05) is 16.5 Å². The molecule has 0 unspecified atom stereocenters. The Balaban J connectivity index is 0.000000278. The van der Waals surface area contributed by atoms with E-state index in [2.05, 4.69) is 118 Å². The van der Waals surface area contributed by atoms with Gasteiger partial charge in [-0.05, 0) is 43.5 Å². The minimum Gasteiger partial charge on any atom is -0.531 e. The van der Waals surface area contributed by atoms with Crippen LogP contribution in [0.2, 0.25) is 0 Å². The molecular weight excluding hydrogens is 719 g/mol. The first-order valence-electron chi connectivity index (χ1n) is 14.5. The van der Waals surface area contributed by atoms with Gasteiger partial charge in [0.1, 0.15) is 0 Å². The molecule has 10 nitrogen and oxygen atoms in total. The largest absolute Gasteiger partial charge is 2.00 e. The van der Waals surface area contributed by atoms with Crippen molar-refractivity contribution in [2.45, 2.75) is 13.8 Å². The van der Waals surface area contributed by atoms with Crippen LogP contribution in [0.5, 0.6) is 0 Å². The number of rotatable bonds is 7. The molecule has 1 aliphatic rings. The van der Waals surface area contributed by atoms with Crippen molar-refractivity contribution in [1.82, 2.24) is 0 Å². The van der Waals surface area contributed by atoms with Crippen molar-refractivity contribution in [3.63, 3.8) is 0 Å². The third-order valence-corrected chi connectivity index (χ3v) is 7.04. The molecule has 0 amide bonds. The smallest absolute Gasteiger partial charge is 0.531 e. The predicted molar refractivity (Wildman–Crippen MR) is 180 cm³/mol. The van der Waals surface area contributed by atoms with Crippen LogP contribution in [0.3, 0.4) is 0 Å². The summed E-state index contributed by atoms with van der Waals surface area (Å²) in [6, 6.07) is 29.4. The van der Waals surface area contributed by atoms with E-state index < -0.39 is 35.0 Å². The maximum Gasteiger partial charge on any atom is 2.00 e. The van der Waals surface area contributed by atoms with Gasteiger partial charge < -0.3 is 28.5 Å². The zero-order chi connectivity index (χ0) is 34.8. The zero-order valence-corrected chi connectivity index (χ0v) is 29.1. The second kappa shape index (κ2) is 17.6. The van der Waals surface area contributed by atoms with Gasteiger partial charge in [0.25, 0.3) is 11.9 Å². The van der Waals surface area contributed by atoms with Gasteiger partial charge in [-0.1, -0.05) is 71.8 Å². The molecule has 1 aliphatic carbocycles. The van der Waals surface area contributed by atoms with Crippen LogP contribution in [-0.2, 0) is 58.5 Å². The summed E-state index contributed by atoms with van der Waals surface area (Å²) >= 11 is 0. The number of esters is 4. The average Bonchev–Trinajstić information content (AvgIpc) is 3.40. The van der Waals surface area contributed by atoms with Crippen LogP contribution in [-0.4, -0.2) is 63.7 Å². The van der Waals surface area contributed by atoms with Crippen LogP contribution < -0.4 is 0 Å². The quantitative estimate of drug-likeness (QED) is 0.0575. The zero-order valence-electron chi connectivity index (χ0n) is 27.6. The molecule has 252 valence electrons. The van der Waals surface area contributed by atoms with Crippen LogP contribution in [0.25, 0.3) is 10.8 Å². The number of hydrogen-bond acceptors (Lipinski definition) is 10. The molecule has 0 fully saturated rings. The third-order valence-electron chi connectivity index (χ3n) is 7.04. The predicted octanol–water partition coefficient (Wildman–Crippen LogP) is 5.85. The van der Waals surface area contributed by atoms with Gasteiger partial charge >= 0.3 is 20.4 Å². The van der Waals surface area contributed by atoms with E-state index in [1.165, 1.54) is 21.9 Å². The van der Waals surface area contributed by atoms with Gasteiger partial charge in [-0.25, -0.2) is 21.1 Å². The first kappa shape index (κ1) is 38.0. The topological polar surface area (TPSA) is 130 Å². The normalized spacial score (nSPS) is 13.6. The fourth-order valence-corrected chi connectivity index (χ4v) is 4.66. The summed E-state index contributed by atoms with van der Waals surface area (Å²) in [7, 11) is 4.09. The Morgan fingerprint density at radius 1 is 0.531 bits per heavy atom. The average molecular weight is 751 g/mol. The van der Waals surface area contributed by atoms with Crippen molar-refractivity contribution in [1.29, 1.82) is 0 Å². The molecule has 0 atom stereocenters. The van der Waals surface area contributed by atoms with E-state index in [-0.39, 0.29) is 20.4 Å². The Morgan fingerprint density at radius 2 is 0.898 bits per heavy atom. The minimum atomic E-state index is -1.10. The molecule has 0 saturated carbocycles. The summed E-state index contributed by atoms with van der Waals surface area (Å²) in [6.45, 7) is 4.18. The Bertz CT molecular complexity index is 1850. The monoisotopic (exact) mass is 750 g/mol. The standard InChI is InChI=1S/C26H20N2.C12H12O8.Pd/c1-17-9-13-20(14-10-17)27-25-22-7-3-5-19-6-4-8-23(24(19)22)26(25)28-21-15-11-18(2)12-16-21;1-17-9(13)5-7(11(15)19-3)8(12(16)20-4)6-10(14)18-2;/h3-16H,1-2H3;1-4H3;/q;-2;+2. The van der Waals surface area contributed by atoms with Crippen LogP contribution in [0.4, 0.5) is 11.4 Å². The molecule has 49 heavy (non-hydrogen) atoms. The van der Waals surface area contributed by atoms with Crippen LogP contribution in [0.1, 0.15) is 22.3 Å². The molecule has 0 aromatic heterocycles. The summed E-state index contributed by atoms with van der Waals surface area (Å²) in [5.41, 5.74) is 7.20. The SMILES string of the molecule is COC(=O)[C-]=C(C(=O)OC)C(=[C-]C(=O)OC)C(=O)OC.Cc1ccc(N=C2C(=Nc3ccc(C)cc3)c3cccc4cccc2c34)cc1.[Pd+2]. The van der Waals surface area contributed by atoms with E-state index in [0.717, 1.165) is 62.4 Å². The number of hydrogen-bond donors (Lipinski definition) is 0. The van der Waals surface area contributed by atoms with Crippen LogP contribution >= 0.6 is 0 Å². The fourth-order valence-electron chi connectivity index (χ4n) is 4.66. The van der Waals surface area contributed by atoms with E-state index in [9.17, 15) is 19.2 Å². The number of ether oxygens (including phenoxy) is 4. The molecule has 11 heteroatoms. The van der Waals surface area contributed by atoms with Crippen molar-refractivity contribution in [2.75, 3.05) is 28.4 Å². The molecule has 5 rings (SSSR count). The molecule has 0 N–H and O–H groups in total. The van der Waals surface area contributed by atoms with Crippen molar-refractivity contribution >= 4 is 57.4 Å². The third kappa shape index (κ3) is 9.32. The van der Waals surface area contributed by atoms with E-state index in [4.69, 9.17) is 9.98 Å². The molecule has 0 bridgehead atoms. The van der Waals surface area contributed by atoms with Gasteiger partial charge in [0.05, 0.1) is 51.2 Å². The summed E-state index contributed by atoms with van der Waals surface area (Å²) in [6.07, 6.45) is 3.87. The van der Waals surface area contributed by atoms with Crippen molar-refractivity contribution in [3.05, 3.63) is 130 Å². The van der Waals surface area contributed by atoms with E-state index in [0.29, 0.717) is 0 Å². The number of aliphatic imine (C=N–C) groups is 2. The van der Waals surface area contributed by atoms with E-state index in [1.807, 2.05) is 12.2 Å². The number of benzene rings is 4. The van der Waals surface area contributed by atoms with Gasteiger partial charge in [0.2, 0.25) is 0 Å². The molecule has 0 spiro atoms. The maximum absolute atomic E-state index is 11.5. The minimum absolute atomic E-state index is 0. The molecule has 4 aromatic rings. The number of carbonyl (C=O) groups excluding carboxylic acids is 4. The second-order valence-corrected chi connectivity index (χ2v) is 10.3. The summed E-state index contributed by atoms with van der Waals surface area (Å²) in [4.78, 5) is 55.4. The fraction of sp³-hybridized carbons (Fsp3) is 0.158. The van der Waals surface area contributed by atoms with Crippen LogP contribution in [0, 0.1) is 26.0 Å². The summed E-state index contributed by atoms with van der Waals surface area (Å²) in [5, 5.41) is 2.46. The number of methoxy groups -OCH3 is 4. The molecule has 0 radical (unpaired) electrons. The maximum atomic E-state index is 11.5. The van der Waals surface area contributed by atoms with Gasteiger partial charge in [-0.3, -0.25) is 9.59 Å². The molecule has 0 heterocycles. The Kier molecular flexibility index (Phi) is 13.6. The van der Waals surface area contributed by atoms with E-state index in [1.54, 1.807) is 0 Å². The Morgan fingerprint density at radius 3 is 1.22 bits per heavy atom. The van der Waals surface area contributed by atoms with E-state index >= 15 is 0 Å². The number of carbonyl (C=O) groups is 4. The molecule has 0 aliphatic heterocycles.